The second-order valence-corrected chi connectivity index (χ2v) is 7.09. The zero-order chi connectivity index (χ0) is 19.9. The quantitative estimate of drug-likeness (QED) is 0.833. The summed E-state index contributed by atoms with van der Waals surface area (Å²) in [6.45, 7) is 0.103. The minimum Gasteiger partial charge on any atom is -0.343 e. The van der Waals surface area contributed by atoms with Gasteiger partial charge in [0.2, 0.25) is 11.8 Å². The van der Waals surface area contributed by atoms with Crippen molar-refractivity contribution < 1.29 is 22.8 Å². The van der Waals surface area contributed by atoms with Crippen LogP contribution in [0, 0.1) is 0 Å². The van der Waals surface area contributed by atoms with E-state index in [2.05, 4.69) is 20.5 Å². The minimum absolute atomic E-state index is 0.103. The van der Waals surface area contributed by atoms with Gasteiger partial charge in [0.05, 0.1) is 11.3 Å². The number of aromatic nitrogens is 3. The van der Waals surface area contributed by atoms with Gasteiger partial charge in [0.15, 0.2) is 0 Å². The first-order valence-corrected chi connectivity index (χ1v) is 8.97. The van der Waals surface area contributed by atoms with Gasteiger partial charge in [-0.25, -0.2) is 4.98 Å². The summed E-state index contributed by atoms with van der Waals surface area (Å²) >= 11 is 0. The van der Waals surface area contributed by atoms with E-state index in [0.717, 1.165) is 17.4 Å². The highest BCUT2D eigenvalue weighted by Crippen LogP contribution is 2.42. The highest BCUT2D eigenvalue weighted by Gasteiger charge is 2.50. The predicted molar refractivity (Wildman–Crippen MR) is 92.3 cm³/mol. The minimum atomic E-state index is -4.57. The first kappa shape index (κ1) is 18.5. The molecule has 1 aliphatic heterocycles. The summed E-state index contributed by atoms with van der Waals surface area (Å²) < 4.78 is 39.8. The summed E-state index contributed by atoms with van der Waals surface area (Å²) in [5, 5.41) is 9.22. The fourth-order valence-corrected chi connectivity index (χ4v) is 3.84. The van der Waals surface area contributed by atoms with Crippen molar-refractivity contribution in [2.24, 2.45) is 0 Å². The third-order valence-electron chi connectivity index (χ3n) is 5.52. The van der Waals surface area contributed by atoms with Gasteiger partial charge in [-0.15, -0.1) is 0 Å². The van der Waals surface area contributed by atoms with E-state index < -0.39 is 29.1 Å². The summed E-state index contributed by atoms with van der Waals surface area (Å²) in [4.78, 5) is 30.8. The molecular weight excluding hydrogens is 375 g/mol. The van der Waals surface area contributed by atoms with Crippen molar-refractivity contribution in [2.75, 3.05) is 11.4 Å². The summed E-state index contributed by atoms with van der Waals surface area (Å²) in [6, 6.07) is 4.09. The Morgan fingerprint density at radius 3 is 2.64 bits per heavy atom. The normalized spacial score (nSPS) is 21.5. The van der Waals surface area contributed by atoms with Gasteiger partial charge in [0.1, 0.15) is 23.6 Å². The monoisotopic (exact) mass is 393 g/mol. The van der Waals surface area contributed by atoms with Crippen molar-refractivity contribution in [3.63, 3.8) is 0 Å². The van der Waals surface area contributed by atoms with Gasteiger partial charge >= 0.3 is 6.18 Å². The number of rotatable bonds is 4. The molecule has 148 valence electrons. The lowest BCUT2D eigenvalue weighted by molar-refractivity contribution is -0.137. The van der Waals surface area contributed by atoms with E-state index in [4.69, 9.17) is 0 Å². The molecule has 1 aromatic carbocycles. The zero-order valence-electron chi connectivity index (χ0n) is 14.8. The van der Waals surface area contributed by atoms with Crippen molar-refractivity contribution >= 4 is 17.5 Å². The number of para-hydroxylation sites is 1. The topological polar surface area (TPSA) is 91.0 Å². The van der Waals surface area contributed by atoms with Gasteiger partial charge in [-0.1, -0.05) is 18.6 Å². The lowest BCUT2D eigenvalue weighted by atomic mass is 9.67. The van der Waals surface area contributed by atoms with Crippen LogP contribution in [0.5, 0.6) is 0 Å². The van der Waals surface area contributed by atoms with Gasteiger partial charge < -0.3 is 10.2 Å². The van der Waals surface area contributed by atoms with E-state index >= 15 is 0 Å². The Labute approximate surface area is 158 Å². The lowest BCUT2D eigenvalue weighted by Gasteiger charge is -2.38. The SMILES string of the molecule is O=C1C(NC(=O)C2(c3ncn[nH]3)CCC2)CCN1c1ccccc1C(F)(F)F. The van der Waals surface area contributed by atoms with Crippen LogP contribution < -0.4 is 10.2 Å². The molecule has 4 rings (SSSR count). The van der Waals surface area contributed by atoms with Crippen LogP contribution in [0.15, 0.2) is 30.6 Å². The molecule has 1 saturated heterocycles. The molecule has 1 saturated carbocycles. The molecule has 7 nitrogen and oxygen atoms in total. The molecule has 2 heterocycles. The van der Waals surface area contributed by atoms with Gasteiger partial charge in [0.25, 0.3) is 0 Å². The second-order valence-electron chi connectivity index (χ2n) is 7.09. The molecule has 0 bridgehead atoms. The van der Waals surface area contributed by atoms with Crippen LogP contribution >= 0.6 is 0 Å². The molecule has 2 amide bonds. The van der Waals surface area contributed by atoms with Crippen molar-refractivity contribution in [1.29, 1.82) is 0 Å². The Bertz CT molecular complexity index is 893. The number of nitrogens with one attached hydrogen (secondary N) is 2. The summed E-state index contributed by atoms with van der Waals surface area (Å²) in [5.74, 6) is -0.446. The van der Waals surface area contributed by atoms with E-state index in [1.54, 1.807) is 0 Å². The van der Waals surface area contributed by atoms with Crippen LogP contribution in [0.3, 0.4) is 0 Å². The van der Waals surface area contributed by atoms with Crippen molar-refractivity contribution in [1.82, 2.24) is 20.5 Å². The summed E-state index contributed by atoms with van der Waals surface area (Å²) in [6.07, 6.45) is -1.01. The number of nitrogens with zero attached hydrogens (tertiary/aromatic N) is 3. The Hall–Kier alpha value is -2.91. The number of hydrogen-bond donors (Lipinski definition) is 2. The summed E-state index contributed by atoms with van der Waals surface area (Å²) in [7, 11) is 0. The van der Waals surface area contributed by atoms with Gasteiger partial charge in [-0.2, -0.15) is 18.3 Å². The second kappa shape index (κ2) is 6.61. The van der Waals surface area contributed by atoms with E-state index in [1.807, 2.05) is 0 Å². The highest BCUT2D eigenvalue weighted by atomic mass is 19.4. The van der Waals surface area contributed by atoms with E-state index in [9.17, 15) is 22.8 Å². The predicted octanol–water partition coefficient (Wildman–Crippen LogP) is 2.17. The maximum absolute atomic E-state index is 13.3. The molecule has 1 atom stereocenters. The van der Waals surface area contributed by atoms with Crippen molar-refractivity contribution in [2.45, 2.75) is 43.3 Å². The number of aromatic amines is 1. The first-order valence-electron chi connectivity index (χ1n) is 8.97. The van der Waals surface area contributed by atoms with Gasteiger partial charge in [-0.3, -0.25) is 14.7 Å². The average molecular weight is 393 g/mol. The van der Waals surface area contributed by atoms with E-state index in [0.29, 0.717) is 18.7 Å². The molecule has 0 spiro atoms. The molecule has 2 aromatic rings. The number of hydrogen-bond acceptors (Lipinski definition) is 4. The maximum Gasteiger partial charge on any atom is 0.418 e. The third-order valence-corrected chi connectivity index (χ3v) is 5.52. The van der Waals surface area contributed by atoms with Crippen molar-refractivity contribution in [3.05, 3.63) is 42.0 Å². The average Bonchev–Trinajstić information content (AvgIpc) is 3.25. The molecule has 0 radical (unpaired) electrons. The van der Waals surface area contributed by atoms with Gasteiger partial charge in [-0.05, 0) is 31.4 Å². The third kappa shape index (κ3) is 2.92. The van der Waals surface area contributed by atoms with E-state index in [-0.39, 0.29) is 24.6 Å². The fourth-order valence-electron chi connectivity index (χ4n) is 3.84. The van der Waals surface area contributed by atoms with Crippen LogP contribution in [0.4, 0.5) is 18.9 Å². The molecule has 1 unspecified atom stereocenters. The zero-order valence-corrected chi connectivity index (χ0v) is 14.8. The van der Waals surface area contributed by atoms with Crippen LogP contribution in [-0.2, 0) is 21.2 Å². The molecule has 10 heteroatoms. The maximum atomic E-state index is 13.3. The largest absolute Gasteiger partial charge is 0.418 e. The lowest BCUT2D eigenvalue weighted by Crippen LogP contribution is -2.54. The van der Waals surface area contributed by atoms with Crippen LogP contribution in [0.25, 0.3) is 0 Å². The van der Waals surface area contributed by atoms with Crippen LogP contribution in [-0.4, -0.2) is 39.6 Å². The molecule has 28 heavy (non-hydrogen) atoms. The van der Waals surface area contributed by atoms with Gasteiger partial charge in [0, 0.05) is 6.54 Å². The Kier molecular flexibility index (Phi) is 4.35. The Balaban J connectivity index is 1.52. The number of carbonyl (C=O) groups is 2. The number of H-pyrrole nitrogens is 1. The molecular formula is C18H18F3N5O2. The number of carbonyl (C=O) groups excluding carboxylic acids is 2. The number of halogens is 3. The number of amides is 2. The Morgan fingerprint density at radius 1 is 1.29 bits per heavy atom. The standard InChI is InChI=1S/C18H18F3N5O2/c19-18(20,21)11-4-1-2-5-13(11)26-9-6-12(14(26)27)24-16(28)17(7-3-8-17)15-22-10-23-25-15/h1-2,4-5,10,12H,3,6-9H2,(H,24,28)(H,22,23,25). The van der Waals surface area contributed by atoms with Crippen LogP contribution in [0.2, 0.25) is 0 Å². The molecule has 2 N–H and O–H groups in total. The number of alkyl halides is 3. The fraction of sp³-hybridized carbons (Fsp3) is 0.444. The summed E-state index contributed by atoms with van der Waals surface area (Å²) in [5.41, 5.74) is -1.91. The molecule has 2 fully saturated rings. The number of anilines is 1. The molecule has 1 aliphatic carbocycles. The molecule has 2 aliphatic rings. The van der Waals surface area contributed by atoms with Crippen molar-refractivity contribution in [3.8, 4) is 0 Å². The Morgan fingerprint density at radius 2 is 2.04 bits per heavy atom. The highest BCUT2D eigenvalue weighted by molar-refractivity contribution is 6.03. The van der Waals surface area contributed by atoms with E-state index in [1.165, 1.54) is 24.5 Å². The van der Waals surface area contributed by atoms with Crippen LogP contribution in [0.1, 0.15) is 37.1 Å². The smallest absolute Gasteiger partial charge is 0.343 e. The first-order chi connectivity index (χ1) is 13.3. The molecule has 1 aromatic heterocycles. The number of benzene rings is 1.